The summed E-state index contributed by atoms with van der Waals surface area (Å²) < 4.78 is 5.04. The number of aromatic nitrogens is 4. The van der Waals surface area contributed by atoms with E-state index in [0.717, 1.165) is 61.3 Å². The molecule has 2 aromatic carbocycles. The number of esters is 1. The highest BCUT2D eigenvalue weighted by Gasteiger charge is 2.25. The molecule has 0 unspecified atom stereocenters. The number of aromatic amines is 2. The number of carbonyl (C=O) groups excluding carboxylic acids is 1. The summed E-state index contributed by atoms with van der Waals surface area (Å²) in [6.07, 6.45) is 11.4. The maximum atomic E-state index is 12.6. The number of nitrogens with zero attached hydrogens (tertiary/aromatic N) is 2. The van der Waals surface area contributed by atoms with E-state index in [2.05, 4.69) is 172 Å². The average molecular weight is 771 g/mol. The van der Waals surface area contributed by atoms with Crippen molar-refractivity contribution in [3.05, 3.63) is 123 Å². The summed E-state index contributed by atoms with van der Waals surface area (Å²) in [5.41, 5.74) is 16.6. The second kappa shape index (κ2) is 14.6. The lowest BCUT2D eigenvalue weighted by atomic mass is 9.78. The van der Waals surface area contributed by atoms with Gasteiger partial charge in [-0.3, -0.25) is 0 Å². The molecule has 6 nitrogen and oxygen atoms in total. The number of fused-ring (bicyclic) bond motifs is 8. The van der Waals surface area contributed by atoms with Crippen molar-refractivity contribution in [3.63, 3.8) is 0 Å². The summed E-state index contributed by atoms with van der Waals surface area (Å²) in [6.45, 7) is 27.1. The van der Waals surface area contributed by atoms with Gasteiger partial charge in [0.05, 0.1) is 29.9 Å². The van der Waals surface area contributed by atoms with Gasteiger partial charge in [-0.15, -0.1) is 0 Å². The Morgan fingerprint density at radius 3 is 1.22 bits per heavy atom. The van der Waals surface area contributed by atoms with Crippen molar-refractivity contribution < 1.29 is 9.53 Å². The first-order valence-corrected chi connectivity index (χ1v) is 20.3. The third kappa shape index (κ3) is 8.29. The maximum absolute atomic E-state index is 12.6. The van der Waals surface area contributed by atoms with Crippen molar-refractivity contribution in [2.24, 2.45) is 0 Å². The Labute approximate surface area is 344 Å². The summed E-state index contributed by atoms with van der Waals surface area (Å²) in [4.78, 5) is 30.8. The Balaban J connectivity index is 1.62. The molecule has 0 atom stereocenters. The predicted octanol–water partition coefficient (Wildman–Crippen LogP) is 13.4. The molecule has 0 saturated heterocycles. The summed E-state index contributed by atoms with van der Waals surface area (Å²) in [6, 6.07) is 24.6. The molecule has 2 N–H and O–H groups in total. The van der Waals surface area contributed by atoms with Crippen molar-refractivity contribution >= 4 is 58.4 Å². The van der Waals surface area contributed by atoms with E-state index in [-0.39, 0.29) is 21.7 Å². The molecule has 298 valence electrons. The minimum atomic E-state index is -0.450. The first kappa shape index (κ1) is 40.4. The number of rotatable bonds is 4. The van der Waals surface area contributed by atoms with Crippen LogP contribution in [0.25, 0.3) is 74.7 Å². The van der Waals surface area contributed by atoms with E-state index in [0.29, 0.717) is 11.4 Å². The Morgan fingerprint density at radius 2 is 0.879 bits per heavy atom. The van der Waals surface area contributed by atoms with Crippen LogP contribution in [0.4, 0.5) is 0 Å². The summed E-state index contributed by atoms with van der Waals surface area (Å²) in [5.74, 6) is -0.450. The van der Waals surface area contributed by atoms with Gasteiger partial charge in [-0.25, -0.2) is 14.8 Å². The number of methoxy groups -OCH3 is 1. The number of benzene rings is 2. The van der Waals surface area contributed by atoms with E-state index in [9.17, 15) is 4.79 Å². The van der Waals surface area contributed by atoms with E-state index in [1.54, 1.807) is 6.08 Å². The lowest BCUT2D eigenvalue weighted by Gasteiger charge is -2.26. The number of carbonyl (C=O) groups is 1. The van der Waals surface area contributed by atoms with Crippen molar-refractivity contribution in [1.82, 2.24) is 19.9 Å². The molecule has 8 bridgehead atoms. The first-order chi connectivity index (χ1) is 27.1. The van der Waals surface area contributed by atoms with Crippen molar-refractivity contribution in [1.29, 1.82) is 0 Å². The fourth-order valence-electron chi connectivity index (χ4n) is 7.43. The predicted molar refractivity (Wildman–Crippen MR) is 246 cm³/mol. The SMILES string of the molecule is COC(=O)/C=C/c1c2nc(c(-c3cc(C(C)(C)C)cc(C(C)(C)C)c3)c3ccc(cc4ccc([nH]4)c(-c4cc(C(C)(C)C)cc(C(C)(C)C)c4)c4nc1C=C4)[nH]3)C=C2. The van der Waals surface area contributed by atoms with Crippen LogP contribution in [-0.4, -0.2) is 33.0 Å². The van der Waals surface area contributed by atoms with Crippen molar-refractivity contribution in [3.8, 4) is 22.3 Å². The number of nitrogens with one attached hydrogen (secondary N) is 2. The second-order valence-electron chi connectivity index (χ2n) is 19.8. The zero-order valence-electron chi connectivity index (χ0n) is 36.5. The summed E-state index contributed by atoms with van der Waals surface area (Å²) >= 11 is 0. The van der Waals surface area contributed by atoms with Crippen LogP contribution in [0.3, 0.4) is 0 Å². The molecule has 5 heterocycles. The topological polar surface area (TPSA) is 83.7 Å². The van der Waals surface area contributed by atoms with E-state index < -0.39 is 5.97 Å². The van der Waals surface area contributed by atoms with Crippen LogP contribution in [0.2, 0.25) is 0 Å². The molecule has 7 rings (SSSR count). The van der Waals surface area contributed by atoms with Crippen LogP contribution >= 0.6 is 0 Å². The summed E-state index contributed by atoms with van der Waals surface area (Å²) in [7, 11) is 1.39. The minimum absolute atomic E-state index is 0.0709. The minimum Gasteiger partial charge on any atom is -0.466 e. The van der Waals surface area contributed by atoms with Crippen LogP contribution < -0.4 is 0 Å². The van der Waals surface area contributed by atoms with Gasteiger partial charge >= 0.3 is 5.97 Å². The third-order valence-electron chi connectivity index (χ3n) is 11.1. The maximum Gasteiger partial charge on any atom is 0.330 e. The van der Waals surface area contributed by atoms with Crippen LogP contribution in [-0.2, 0) is 31.2 Å². The van der Waals surface area contributed by atoms with E-state index >= 15 is 0 Å². The monoisotopic (exact) mass is 770 g/mol. The van der Waals surface area contributed by atoms with E-state index in [1.165, 1.54) is 35.4 Å². The quantitative estimate of drug-likeness (QED) is 0.138. The van der Waals surface area contributed by atoms with Gasteiger partial charge in [0, 0.05) is 44.8 Å². The van der Waals surface area contributed by atoms with Gasteiger partial charge in [0.25, 0.3) is 0 Å². The molecule has 6 heteroatoms. The Morgan fingerprint density at radius 1 is 0.517 bits per heavy atom. The zero-order valence-corrected chi connectivity index (χ0v) is 36.5. The fourth-order valence-corrected chi connectivity index (χ4v) is 7.43. The normalized spacial score (nSPS) is 13.5. The van der Waals surface area contributed by atoms with Crippen LogP contribution in [0, 0.1) is 0 Å². The van der Waals surface area contributed by atoms with Gasteiger partial charge in [-0.05, 0) is 116 Å². The Kier molecular flexibility index (Phi) is 10.2. The fraction of sp³-hybridized carbons (Fsp3) is 0.327. The highest BCUT2D eigenvalue weighted by Crippen LogP contribution is 2.40. The molecule has 5 aromatic rings. The standard InChI is InChI=1S/C52H58N4O2/c1-49(2,3)33-24-31(25-34(28-33)50(4,5)6)47-42-17-14-37(53-42)30-38-15-18-43(54-38)48(32-26-35(51(7,8)9)29-36(27-32)52(10,11)12)45-22-20-41(56-45)39(16-23-46(57)58-13)40-19-21-44(47)55-40/h14-30,53-54H,1-13H3/b23-16+,37-30?,38-30?,40-39?,41-39?,47-42?,47-44?,48-43?,48-45?. The number of hydrogen-bond donors (Lipinski definition) is 2. The molecule has 2 aliphatic heterocycles. The second-order valence-corrected chi connectivity index (χ2v) is 19.8. The molecule has 0 saturated carbocycles. The Hall–Kier alpha value is -5.75. The van der Waals surface area contributed by atoms with E-state index in [1.807, 2.05) is 12.2 Å². The molecule has 0 fully saturated rings. The molecule has 0 amide bonds. The van der Waals surface area contributed by atoms with Gasteiger partial charge < -0.3 is 14.7 Å². The number of H-pyrrole nitrogens is 2. The molecule has 58 heavy (non-hydrogen) atoms. The lowest BCUT2D eigenvalue weighted by Crippen LogP contribution is -2.16. The average Bonchev–Trinajstić information content (AvgIpc) is 3.97. The molecular formula is C52H58N4O2. The molecule has 0 spiro atoms. The van der Waals surface area contributed by atoms with Gasteiger partial charge in [-0.1, -0.05) is 119 Å². The highest BCUT2D eigenvalue weighted by atomic mass is 16.5. The first-order valence-electron chi connectivity index (χ1n) is 20.3. The smallest absolute Gasteiger partial charge is 0.330 e. The van der Waals surface area contributed by atoms with Gasteiger partial charge in [0.15, 0.2) is 0 Å². The summed E-state index contributed by atoms with van der Waals surface area (Å²) in [5, 5.41) is 0. The van der Waals surface area contributed by atoms with E-state index in [4.69, 9.17) is 14.7 Å². The lowest BCUT2D eigenvalue weighted by molar-refractivity contribution is -0.134. The number of hydrogen-bond acceptors (Lipinski definition) is 4. The van der Waals surface area contributed by atoms with Crippen molar-refractivity contribution in [2.75, 3.05) is 7.11 Å². The highest BCUT2D eigenvalue weighted by molar-refractivity contribution is 5.96. The van der Waals surface area contributed by atoms with Gasteiger partial charge in [-0.2, -0.15) is 0 Å². The van der Waals surface area contributed by atoms with Crippen LogP contribution in [0.1, 0.15) is 134 Å². The molecule has 0 aliphatic carbocycles. The molecule has 3 aromatic heterocycles. The molecule has 2 aliphatic rings. The van der Waals surface area contributed by atoms with Crippen LogP contribution in [0.15, 0.2) is 72.8 Å². The molecule has 0 radical (unpaired) electrons. The van der Waals surface area contributed by atoms with Crippen LogP contribution in [0.5, 0.6) is 0 Å². The Bertz CT molecular complexity index is 2470. The van der Waals surface area contributed by atoms with Gasteiger partial charge in [0.1, 0.15) is 0 Å². The zero-order chi connectivity index (χ0) is 41.9. The van der Waals surface area contributed by atoms with Crippen molar-refractivity contribution in [2.45, 2.75) is 105 Å². The largest absolute Gasteiger partial charge is 0.466 e. The molecular weight excluding hydrogens is 713 g/mol. The van der Waals surface area contributed by atoms with Gasteiger partial charge in [0.2, 0.25) is 0 Å². The number of ether oxygens (including phenoxy) is 1. The third-order valence-corrected chi connectivity index (χ3v) is 11.1.